The van der Waals surface area contributed by atoms with Gasteiger partial charge < -0.3 is 5.73 Å². The van der Waals surface area contributed by atoms with Gasteiger partial charge in [-0.05, 0) is 34.1 Å². The lowest BCUT2D eigenvalue weighted by molar-refractivity contribution is 1.23. The molecular formula is C11H9BrN2S. The normalized spacial score (nSPS) is 10.2. The number of para-hydroxylation sites is 1. The molecule has 0 spiro atoms. The molecule has 0 saturated heterocycles. The first-order chi connectivity index (χ1) is 7.27. The van der Waals surface area contributed by atoms with Crippen molar-refractivity contribution in [1.29, 1.82) is 0 Å². The van der Waals surface area contributed by atoms with Crippen LogP contribution in [0.5, 0.6) is 0 Å². The highest BCUT2D eigenvalue weighted by molar-refractivity contribution is 9.10. The minimum absolute atomic E-state index is 0.797. The molecule has 2 rings (SSSR count). The summed E-state index contributed by atoms with van der Waals surface area (Å²) in [7, 11) is 0. The number of halogens is 1. The topological polar surface area (TPSA) is 38.9 Å². The molecule has 4 heteroatoms. The van der Waals surface area contributed by atoms with E-state index in [0.717, 1.165) is 20.0 Å². The van der Waals surface area contributed by atoms with Crippen LogP contribution in [0.3, 0.4) is 0 Å². The van der Waals surface area contributed by atoms with Crippen molar-refractivity contribution in [1.82, 2.24) is 4.98 Å². The van der Waals surface area contributed by atoms with Gasteiger partial charge in [-0.15, -0.1) is 0 Å². The molecule has 0 aliphatic heterocycles. The van der Waals surface area contributed by atoms with Crippen molar-refractivity contribution in [2.24, 2.45) is 0 Å². The minimum atomic E-state index is 0.797. The highest BCUT2D eigenvalue weighted by Crippen LogP contribution is 2.35. The van der Waals surface area contributed by atoms with Crippen LogP contribution in [0.15, 0.2) is 57.0 Å². The second kappa shape index (κ2) is 4.68. The number of anilines is 1. The van der Waals surface area contributed by atoms with E-state index in [1.807, 2.05) is 30.3 Å². The lowest BCUT2D eigenvalue weighted by atomic mass is 10.3. The van der Waals surface area contributed by atoms with E-state index in [4.69, 9.17) is 5.73 Å². The van der Waals surface area contributed by atoms with Gasteiger partial charge in [0.1, 0.15) is 0 Å². The third-order valence-electron chi connectivity index (χ3n) is 1.87. The van der Waals surface area contributed by atoms with E-state index < -0.39 is 0 Å². The second-order valence-corrected chi connectivity index (χ2v) is 4.88. The summed E-state index contributed by atoms with van der Waals surface area (Å²) >= 11 is 5.08. The molecule has 1 aromatic carbocycles. The van der Waals surface area contributed by atoms with Crippen LogP contribution >= 0.6 is 27.7 Å². The summed E-state index contributed by atoms with van der Waals surface area (Å²) in [6, 6.07) is 9.78. The average Bonchev–Trinajstić information content (AvgIpc) is 2.24. The molecule has 2 N–H and O–H groups in total. The number of pyridine rings is 1. The first-order valence-electron chi connectivity index (χ1n) is 4.39. The van der Waals surface area contributed by atoms with Crippen molar-refractivity contribution in [2.75, 3.05) is 5.73 Å². The zero-order chi connectivity index (χ0) is 10.7. The quantitative estimate of drug-likeness (QED) is 0.855. The smallest absolute Gasteiger partial charge is 0.0498 e. The summed E-state index contributed by atoms with van der Waals surface area (Å²) in [6.45, 7) is 0. The Kier molecular flexibility index (Phi) is 3.28. The van der Waals surface area contributed by atoms with Crippen molar-refractivity contribution in [3.8, 4) is 0 Å². The van der Waals surface area contributed by atoms with Crippen LogP contribution in [-0.4, -0.2) is 4.98 Å². The van der Waals surface area contributed by atoms with Crippen LogP contribution in [0.4, 0.5) is 5.69 Å². The summed E-state index contributed by atoms with van der Waals surface area (Å²) in [6.07, 6.45) is 3.55. The Hall–Kier alpha value is -1.00. The molecule has 0 saturated carbocycles. The maximum atomic E-state index is 5.87. The predicted octanol–water partition coefficient (Wildman–Crippen LogP) is 3.58. The van der Waals surface area contributed by atoms with Crippen LogP contribution in [-0.2, 0) is 0 Å². The zero-order valence-electron chi connectivity index (χ0n) is 7.85. The molecule has 0 unspecified atom stereocenters. The van der Waals surface area contributed by atoms with Gasteiger partial charge in [0.25, 0.3) is 0 Å². The van der Waals surface area contributed by atoms with Gasteiger partial charge in [0, 0.05) is 32.3 Å². The van der Waals surface area contributed by atoms with Gasteiger partial charge in [0.05, 0.1) is 0 Å². The first kappa shape index (κ1) is 10.5. The fraction of sp³-hybridized carbons (Fsp3) is 0. The van der Waals surface area contributed by atoms with Crippen molar-refractivity contribution in [2.45, 2.75) is 9.79 Å². The Morgan fingerprint density at radius 1 is 1.13 bits per heavy atom. The molecule has 15 heavy (non-hydrogen) atoms. The van der Waals surface area contributed by atoms with E-state index in [-0.39, 0.29) is 0 Å². The molecule has 0 fully saturated rings. The predicted molar refractivity (Wildman–Crippen MR) is 66.9 cm³/mol. The van der Waals surface area contributed by atoms with Gasteiger partial charge in [-0.1, -0.05) is 23.9 Å². The summed E-state index contributed by atoms with van der Waals surface area (Å²) in [5.74, 6) is 0. The Morgan fingerprint density at radius 3 is 2.67 bits per heavy atom. The number of benzene rings is 1. The number of rotatable bonds is 2. The first-order valence-corrected chi connectivity index (χ1v) is 6.00. The summed E-state index contributed by atoms with van der Waals surface area (Å²) in [4.78, 5) is 6.19. The lowest BCUT2D eigenvalue weighted by Gasteiger charge is -2.05. The van der Waals surface area contributed by atoms with Crippen molar-refractivity contribution in [3.05, 3.63) is 47.2 Å². The average molecular weight is 281 g/mol. The Morgan fingerprint density at radius 2 is 1.93 bits per heavy atom. The molecule has 0 radical (unpaired) electrons. The minimum Gasteiger partial charge on any atom is -0.398 e. The maximum Gasteiger partial charge on any atom is 0.0498 e. The number of nitrogens with zero attached hydrogens (tertiary/aromatic N) is 1. The molecular weight excluding hydrogens is 272 g/mol. The van der Waals surface area contributed by atoms with Gasteiger partial charge in [-0.3, -0.25) is 4.98 Å². The van der Waals surface area contributed by atoms with Crippen molar-refractivity contribution < 1.29 is 0 Å². The second-order valence-electron chi connectivity index (χ2n) is 2.95. The van der Waals surface area contributed by atoms with E-state index in [0.29, 0.717) is 0 Å². The SMILES string of the molecule is Nc1ccccc1Sc1ccncc1Br. The largest absolute Gasteiger partial charge is 0.398 e. The fourth-order valence-electron chi connectivity index (χ4n) is 1.14. The van der Waals surface area contributed by atoms with Gasteiger partial charge >= 0.3 is 0 Å². The Balaban J connectivity index is 2.30. The van der Waals surface area contributed by atoms with Crippen LogP contribution in [0.2, 0.25) is 0 Å². The van der Waals surface area contributed by atoms with Crippen LogP contribution in [0.25, 0.3) is 0 Å². The van der Waals surface area contributed by atoms with Gasteiger partial charge in [-0.25, -0.2) is 0 Å². The highest BCUT2D eigenvalue weighted by atomic mass is 79.9. The molecule has 1 aromatic heterocycles. The third-order valence-corrected chi connectivity index (χ3v) is 3.94. The van der Waals surface area contributed by atoms with Crippen molar-refractivity contribution >= 4 is 33.4 Å². The highest BCUT2D eigenvalue weighted by Gasteiger charge is 2.03. The third kappa shape index (κ3) is 2.52. The standard InChI is InChI=1S/C11H9BrN2S/c12-8-7-14-6-5-10(8)15-11-4-2-1-3-9(11)13/h1-7H,13H2. The monoisotopic (exact) mass is 280 g/mol. The molecule has 76 valence electrons. The molecule has 0 aliphatic carbocycles. The van der Waals surface area contributed by atoms with Gasteiger partial charge in [0.2, 0.25) is 0 Å². The molecule has 2 aromatic rings. The number of nitrogen functional groups attached to an aromatic ring is 1. The molecule has 1 heterocycles. The number of nitrogens with two attached hydrogens (primary N) is 1. The number of hydrogen-bond donors (Lipinski definition) is 1. The van der Waals surface area contributed by atoms with E-state index in [1.165, 1.54) is 0 Å². The number of aromatic nitrogens is 1. The molecule has 0 aliphatic rings. The zero-order valence-corrected chi connectivity index (χ0v) is 10.3. The van der Waals surface area contributed by atoms with E-state index in [9.17, 15) is 0 Å². The fourth-order valence-corrected chi connectivity index (χ4v) is 2.48. The van der Waals surface area contributed by atoms with E-state index >= 15 is 0 Å². The molecule has 0 atom stereocenters. The van der Waals surface area contributed by atoms with Crippen LogP contribution < -0.4 is 5.73 Å². The molecule has 2 nitrogen and oxygen atoms in total. The summed E-state index contributed by atoms with van der Waals surface area (Å²) < 4.78 is 0.984. The number of hydrogen-bond acceptors (Lipinski definition) is 3. The van der Waals surface area contributed by atoms with Gasteiger partial charge in [-0.2, -0.15) is 0 Å². The van der Waals surface area contributed by atoms with Gasteiger partial charge in [0.15, 0.2) is 0 Å². The lowest BCUT2D eigenvalue weighted by Crippen LogP contribution is -1.87. The van der Waals surface area contributed by atoms with Crippen molar-refractivity contribution in [3.63, 3.8) is 0 Å². The van der Waals surface area contributed by atoms with E-state index in [1.54, 1.807) is 24.2 Å². The molecule has 0 bridgehead atoms. The summed E-state index contributed by atoms with van der Waals surface area (Å²) in [5.41, 5.74) is 6.66. The maximum absolute atomic E-state index is 5.87. The van der Waals surface area contributed by atoms with Crippen LogP contribution in [0.1, 0.15) is 0 Å². The Bertz CT molecular complexity index is 430. The molecule has 0 amide bonds. The van der Waals surface area contributed by atoms with Crippen LogP contribution in [0, 0.1) is 0 Å². The van der Waals surface area contributed by atoms with E-state index in [2.05, 4.69) is 20.9 Å². The Labute approximate surface area is 101 Å². The summed E-state index contributed by atoms with van der Waals surface area (Å²) in [5, 5.41) is 0.